The molecule has 1 aromatic carbocycles. The molecule has 0 radical (unpaired) electrons. The van der Waals surface area contributed by atoms with Crippen molar-refractivity contribution in [3.05, 3.63) is 29.8 Å². The number of hydrogen-bond donors (Lipinski definition) is 4. The number of aliphatic carboxylic acids is 1. The molecule has 98 valence electrons. The van der Waals surface area contributed by atoms with E-state index in [0.29, 0.717) is 5.69 Å². The molecule has 6 heteroatoms. The Balaban J connectivity index is 2.55. The molecule has 0 saturated heterocycles. The summed E-state index contributed by atoms with van der Waals surface area (Å²) in [5.74, 6) is -1.28. The molecule has 0 heterocycles. The highest BCUT2D eigenvalue weighted by atomic mass is 16.4. The molecule has 1 rings (SSSR count). The van der Waals surface area contributed by atoms with Gasteiger partial charge in [0, 0.05) is 5.69 Å². The number of urea groups is 1. The number of carboxylic acids is 1. The van der Waals surface area contributed by atoms with E-state index < -0.39 is 24.6 Å². The van der Waals surface area contributed by atoms with Gasteiger partial charge in [-0.05, 0) is 24.1 Å². The van der Waals surface area contributed by atoms with Gasteiger partial charge in [-0.2, -0.15) is 0 Å². The van der Waals surface area contributed by atoms with Crippen molar-refractivity contribution in [2.45, 2.75) is 19.4 Å². The van der Waals surface area contributed by atoms with Crippen LogP contribution in [0.5, 0.6) is 0 Å². The van der Waals surface area contributed by atoms with Gasteiger partial charge in [-0.1, -0.05) is 19.1 Å². The Kier molecular flexibility index (Phi) is 5.13. The maximum atomic E-state index is 11.4. The lowest BCUT2D eigenvalue weighted by Crippen LogP contribution is -2.45. The van der Waals surface area contributed by atoms with E-state index in [0.717, 1.165) is 12.0 Å². The van der Waals surface area contributed by atoms with Crippen LogP contribution >= 0.6 is 0 Å². The van der Waals surface area contributed by atoms with Crippen molar-refractivity contribution in [2.24, 2.45) is 0 Å². The Morgan fingerprint density at radius 1 is 1.28 bits per heavy atom. The normalized spacial score (nSPS) is 11.7. The van der Waals surface area contributed by atoms with Crippen LogP contribution < -0.4 is 10.6 Å². The quantitative estimate of drug-likeness (QED) is 0.623. The van der Waals surface area contributed by atoms with E-state index in [1.165, 1.54) is 0 Å². The number of aryl methyl sites for hydroxylation is 1. The molecular formula is C12H16N2O4. The van der Waals surface area contributed by atoms with Gasteiger partial charge in [-0.3, -0.25) is 0 Å². The van der Waals surface area contributed by atoms with Crippen LogP contribution in [0.25, 0.3) is 0 Å². The van der Waals surface area contributed by atoms with Gasteiger partial charge in [-0.25, -0.2) is 9.59 Å². The number of carbonyl (C=O) groups is 2. The predicted molar refractivity (Wildman–Crippen MR) is 66.5 cm³/mol. The summed E-state index contributed by atoms with van der Waals surface area (Å²) < 4.78 is 0. The van der Waals surface area contributed by atoms with E-state index >= 15 is 0 Å². The Hall–Kier alpha value is -2.08. The summed E-state index contributed by atoms with van der Waals surface area (Å²) >= 11 is 0. The zero-order valence-corrected chi connectivity index (χ0v) is 10.0. The van der Waals surface area contributed by atoms with Crippen molar-refractivity contribution < 1.29 is 19.8 Å². The number of benzene rings is 1. The summed E-state index contributed by atoms with van der Waals surface area (Å²) in [5.41, 5.74) is 1.70. The lowest BCUT2D eigenvalue weighted by Gasteiger charge is -2.12. The molecule has 0 bridgehead atoms. The molecule has 0 aliphatic heterocycles. The van der Waals surface area contributed by atoms with E-state index in [4.69, 9.17) is 10.2 Å². The van der Waals surface area contributed by atoms with E-state index in [-0.39, 0.29) is 0 Å². The number of carbonyl (C=O) groups excluding carboxylic acids is 1. The number of carboxylic acid groups (broad SMARTS) is 1. The highest BCUT2D eigenvalue weighted by molar-refractivity contribution is 5.92. The van der Waals surface area contributed by atoms with Crippen LogP contribution in [0.15, 0.2) is 24.3 Å². The molecule has 6 nitrogen and oxygen atoms in total. The lowest BCUT2D eigenvalue weighted by molar-refractivity contribution is -0.140. The second-order valence-corrected chi connectivity index (χ2v) is 3.72. The SMILES string of the molecule is CCc1ccc(NC(=O)N[C@H](CO)C(=O)O)cc1. The molecule has 18 heavy (non-hydrogen) atoms. The number of rotatable bonds is 5. The molecular weight excluding hydrogens is 236 g/mol. The van der Waals surface area contributed by atoms with Gasteiger partial charge in [0.05, 0.1) is 6.61 Å². The summed E-state index contributed by atoms with van der Waals surface area (Å²) in [6.07, 6.45) is 0.901. The smallest absolute Gasteiger partial charge is 0.328 e. The summed E-state index contributed by atoms with van der Waals surface area (Å²) in [6.45, 7) is 1.37. The summed E-state index contributed by atoms with van der Waals surface area (Å²) in [5, 5.41) is 22.0. The van der Waals surface area contributed by atoms with Gasteiger partial charge in [0.15, 0.2) is 6.04 Å². The average Bonchev–Trinajstić information content (AvgIpc) is 2.36. The first-order chi connectivity index (χ1) is 8.56. The zero-order valence-electron chi connectivity index (χ0n) is 10.0. The van der Waals surface area contributed by atoms with Gasteiger partial charge < -0.3 is 20.8 Å². The van der Waals surface area contributed by atoms with E-state index in [2.05, 4.69) is 10.6 Å². The zero-order chi connectivity index (χ0) is 13.5. The first-order valence-corrected chi connectivity index (χ1v) is 5.57. The van der Waals surface area contributed by atoms with Crippen molar-refractivity contribution >= 4 is 17.7 Å². The first kappa shape index (κ1) is 14.0. The minimum atomic E-state index is -1.31. The van der Waals surface area contributed by atoms with E-state index in [1.54, 1.807) is 12.1 Å². The Labute approximate surface area is 105 Å². The maximum absolute atomic E-state index is 11.4. The Morgan fingerprint density at radius 2 is 1.89 bits per heavy atom. The van der Waals surface area contributed by atoms with Gasteiger partial charge in [-0.15, -0.1) is 0 Å². The van der Waals surface area contributed by atoms with E-state index in [1.807, 2.05) is 19.1 Å². The summed E-state index contributed by atoms with van der Waals surface area (Å²) in [4.78, 5) is 22.0. The molecule has 0 aliphatic carbocycles. The number of aliphatic hydroxyl groups excluding tert-OH is 1. The van der Waals surface area contributed by atoms with Crippen molar-refractivity contribution in [1.82, 2.24) is 5.32 Å². The van der Waals surface area contributed by atoms with Gasteiger partial charge >= 0.3 is 12.0 Å². The third kappa shape index (κ3) is 4.06. The van der Waals surface area contributed by atoms with Gasteiger partial charge in [0.25, 0.3) is 0 Å². The third-order valence-corrected chi connectivity index (χ3v) is 2.41. The van der Waals surface area contributed by atoms with Crippen molar-refractivity contribution in [3.63, 3.8) is 0 Å². The average molecular weight is 252 g/mol. The molecule has 0 spiro atoms. The number of hydrogen-bond acceptors (Lipinski definition) is 3. The first-order valence-electron chi connectivity index (χ1n) is 5.57. The second kappa shape index (κ2) is 6.61. The fourth-order valence-electron chi connectivity index (χ4n) is 1.33. The highest BCUT2D eigenvalue weighted by Gasteiger charge is 2.18. The van der Waals surface area contributed by atoms with Crippen LogP contribution in [0.2, 0.25) is 0 Å². The van der Waals surface area contributed by atoms with Crippen LogP contribution in [-0.2, 0) is 11.2 Å². The van der Waals surface area contributed by atoms with Gasteiger partial charge in [0.1, 0.15) is 0 Å². The van der Waals surface area contributed by atoms with Crippen molar-refractivity contribution in [3.8, 4) is 0 Å². The molecule has 2 amide bonds. The minimum absolute atomic E-state index is 0.562. The van der Waals surface area contributed by atoms with Crippen LogP contribution in [-0.4, -0.2) is 34.9 Å². The summed E-state index contributed by atoms with van der Waals surface area (Å²) in [7, 11) is 0. The van der Waals surface area contributed by atoms with Crippen LogP contribution in [0.4, 0.5) is 10.5 Å². The molecule has 1 aromatic rings. The third-order valence-electron chi connectivity index (χ3n) is 2.41. The van der Waals surface area contributed by atoms with Crippen LogP contribution in [0.3, 0.4) is 0 Å². The van der Waals surface area contributed by atoms with Crippen molar-refractivity contribution in [2.75, 3.05) is 11.9 Å². The number of nitrogens with one attached hydrogen (secondary N) is 2. The van der Waals surface area contributed by atoms with Gasteiger partial charge in [0.2, 0.25) is 0 Å². The number of amides is 2. The molecule has 0 fully saturated rings. The monoisotopic (exact) mass is 252 g/mol. The molecule has 0 unspecified atom stereocenters. The molecule has 0 aromatic heterocycles. The fraction of sp³-hybridized carbons (Fsp3) is 0.333. The molecule has 0 aliphatic rings. The van der Waals surface area contributed by atoms with Crippen LogP contribution in [0, 0.1) is 0 Å². The number of aliphatic hydroxyl groups is 1. The van der Waals surface area contributed by atoms with Crippen molar-refractivity contribution in [1.29, 1.82) is 0 Å². The van der Waals surface area contributed by atoms with Crippen LogP contribution in [0.1, 0.15) is 12.5 Å². The number of anilines is 1. The minimum Gasteiger partial charge on any atom is -0.480 e. The Morgan fingerprint density at radius 3 is 2.33 bits per heavy atom. The lowest BCUT2D eigenvalue weighted by atomic mass is 10.1. The Bertz CT molecular complexity index is 417. The standard InChI is InChI=1S/C12H16N2O4/c1-2-8-3-5-9(6-4-8)13-12(18)14-10(7-15)11(16)17/h3-6,10,15H,2,7H2,1H3,(H,16,17)(H2,13,14,18)/t10-/m1/s1. The second-order valence-electron chi connectivity index (χ2n) is 3.72. The predicted octanol–water partition coefficient (Wildman–Crippen LogP) is 0.816. The maximum Gasteiger partial charge on any atom is 0.328 e. The molecule has 1 atom stereocenters. The molecule has 0 saturated carbocycles. The topological polar surface area (TPSA) is 98.7 Å². The van der Waals surface area contributed by atoms with E-state index in [9.17, 15) is 9.59 Å². The highest BCUT2D eigenvalue weighted by Crippen LogP contribution is 2.09. The summed E-state index contributed by atoms with van der Waals surface area (Å²) in [6, 6.07) is 5.23. The largest absolute Gasteiger partial charge is 0.480 e. The molecule has 4 N–H and O–H groups in total. The fourth-order valence-corrected chi connectivity index (χ4v) is 1.33.